The van der Waals surface area contributed by atoms with Crippen LogP contribution >= 0.6 is 0 Å². The van der Waals surface area contributed by atoms with Crippen molar-refractivity contribution in [1.82, 2.24) is 0 Å². The van der Waals surface area contributed by atoms with Crippen LogP contribution in [0.3, 0.4) is 0 Å². The first-order chi connectivity index (χ1) is 14.6. The highest BCUT2D eigenvalue weighted by atomic mass is 16.8. The van der Waals surface area contributed by atoms with Crippen molar-refractivity contribution in [1.29, 1.82) is 0 Å². The summed E-state index contributed by atoms with van der Waals surface area (Å²) in [6.07, 6.45) is -4.48. The Balaban J connectivity index is 1.56. The molecule has 2 aliphatic heterocycles. The normalized spacial score (nSPS) is 29.7. The van der Waals surface area contributed by atoms with Crippen LogP contribution in [-0.4, -0.2) is 62.1 Å². The molecule has 0 bridgehead atoms. The molecule has 162 valence electrons. The van der Waals surface area contributed by atoms with Gasteiger partial charge in [0.05, 0.1) is 27.4 Å². The second-order valence-electron chi connectivity index (χ2n) is 7.18. The van der Waals surface area contributed by atoms with Crippen LogP contribution in [-0.2, 0) is 18.9 Å². The van der Waals surface area contributed by atoms with E-state index >= 15 is 0 Å². The van der Waals surface area contributed by atoms with E-state index in [1.807, 2.05) is 42.5 Å². The molecule has 2 aliphatic rings. The number of benzene rings is 2. The highest BCUT2D eigenvalue weighted by molar-refractivity contribution is 5.30. The molecule has 0 amide bonds. The molecule has 2 aromatic carbocycles. The third-order valence-electron chi connectivity index (χ3n) is 5.26. The topological polar surface area (TPSA) is 95.8 Å². The smallest absolute Gasteiger partial charge is 0.185 e. The van der Waals surface area contributed by atoms with E-state index in [1.54, 1.807) is 20.3 Å². The highest BCUT2D eigenvalue weighted by Crippen LogP contribution is 2.39. The molecule has 0 aromatic heterocycles. The average Bonchev–Trinajstić information content (AvgIpc) is 2.82. The number of aliphatic hydroxyl groups excluding tert-OH is 2. The summed E-state index contributed by atoms with van der Waals surface area (Å²) in [5.74, 6) is 1.35. The molecule has 30 heavy (non-hydrogen) atoms. The molecule has 0 radical (unpaired) electrons. The Hall–Kier alpha value is -2.20. The van der Waals surface area contributed by atoms with Crippen LogP contribution in [0.15, 0.2) is 48.5 Å². The van der Waals surface area contributed by atoms with Crippen LogP contribution in [0.5, 0.6) is 11.5 Å². The van der Waals surface area contributed by atoms with Crippen molar-refractivity contribution in [2.24, 2.45) is 0 Å². The predicted octanol–water partition coefficient (Wildman–Crippen LogP) is 1.95. The molecule has 8 heteroatoms. The quantitative estimate of drug-likeness (QED) is 0.735. The van der Waals surface area contributed by atoms with E-state index in [2.05, 4.69) is 0 Å². The summed E-state index contributed by atoms with van der Waals surface area (Å²) in [7, 11) is 3.17. The number of rotatable bonds is 6. The maximum atomic E-state index is 10.4. The van der Waals surface area contributed by atoms with E-state index in [1.165, 1.54) is 0 Å². The Morgan fingerprint density at radius 2 is 1.57 bits per heavy atom. The summed E-state index contributed by atoms with van der Waals surface area (Å²) >= 11 is 0. The van der Waals surface area contributed by atoms with Crippen LogP contribution < -0.4 is 9.47 Å². The van der Waals surface area contributed by atoms with E-state index in [9.17, 15) is 10.2 Å². The van der Waals surface area contributed by atoms with E-state index in [0.29, 0.717) is 11.5 Å². The van der Waals surface area contributed by atoms with Crippen LogP contribution in [0.2, 0.25) is 0 Å². The second-order valence-corrected chi connectivity index (χ2v) is 7.18. The SMILES string of the molecule is COc1cccc(C2OC[C@@H]3OC(c4cccc(OC)c4)O[C@H]([C@H](O)CO)[C@@H]3O2)c1. The van der Waals surface area contributed by atoms with Crippen molar-refractivity contribution in [2.75, 3.05) is 27.4 Å². The second kappa shape index (κ2) is 9.30. The summed E-state index contributed by atoms with van der Waals surface area (Å²) in [5, 5.41) is 20.0. The highest BCUT2D eigenvalue weighted by Gasteiger charge is 2.48. The lowest BCUT2D eigenvalue weighted by Crippen LogP contribution is -2.58. The van der Waals surface area contributed by atoms with Crippen molar-refractivity contribution in [2.45, 2.75) is 37.0 Å². The van der Waals surface area contributed by atoms with E-state index in [0.717, 1.165) is 11.1 Å². The molecule has 2 N–H and O–H groups in total. The fraction of sp³-hybridized carbons (Fsp3) is 0.455. The van der Waals surface area contributed by atoms with Gasteiger partial charge in [-0.15, -0.1) is 0 Å². The maximum Gasteiger partial charge on any atom is 0.185 e. The fourth-order valence-corrected chi connectivity index (χ4v) is 3.69. The first-order valence-electron chi connectivity index (χ1n) is 9.77. The standard InChI is InChI=1S/C22H26O8/c1-25-15-7-3-5-13(9-15)21-27-12-18-20(30-21)19(17(24)11-23)29-22(28-18)14-6-4-8-16(10-14)26-2/h3-10,17-24H,11-12H2,1-2H3/t17-,18+,19-,20-,21?,22?/m1/s1. The average molecular weight is 418 g/mol. The van der Waals surface area contributed by atoms with Gasteiger partial charge in [-0.3, -0.25) is 0 Å². The van der Waals surface area contributed by atoms with Gasteiger partial charge in [0.1, 0.15) is 35.9 Å². The van der Waals surface area contributed by atoms with Gasteiger partial charge in [-0.25, -0.2) is 0 Å². The molecule has 2 saturated heterocycles. The van der Waals surface area contributed by atoms with Crippen LogP contribution in [0.25, 0.3) is 0 Å². The molecule has 2 aromatic rings. The van der Waals surface area contributed by atoms with Gasteiger partial charge >= 0.3 is 0 Å². The molecule has 4 rings (SSSR count). The minimum atomic E-state index is -1.14. The van der Waals surface area contributed by atoms with Gasteiger partial charge in [-0.05, 0) is 24.3 Å². The summed E-state index contributed by atoms with van der Waals surface area (Å²) < 4.78 is 34.7. The number of hydrogen-bond acceptors (Lipinski definition) is 8. The number of hydrogen-bond donors (Lipinski definition) is 2. The van der Waals surface area contributed by atoms with E-state index in [4.69, 9.17) is 28.4 Å². The first kappa shape index (κ1) is 21.0. The summed E-state index contributed by atoms with van der Waals surface area (Å²) in [5.41, 5.74) is 1.51. The van der Waals surface area contributed by atoms with Gasteiger partial charge in [0, 0.05) is 11.1 Å². The molecular formula is C22H26O8. The predicted molar refractivity (Wildman–Crippen MR) is 105 cm³/mol. The molecule has 2 fully saturated rings. The zero-order valence-corrected chi connectivity index (χ0v) is 16.8. The van der Waals surface area contributed by atoms with Gasteiger partial charge in [-0.2, -0.15) is 0 Å². The van der Waals surface area contributed by atoms with Gasteiger partial charge in [0.2, 0.25) is 0 Å². The molecule has 0 aliphatic carbocycles. The Morgan fingerprint density at radius 1 is 0.933 bits per heavy atom. The fourth-order valence-electron chi connectivity index (χ4n) is 3.69. The van der Waals surface area contributed by atoms with Crippen molar-refractivity contribution in [3.05, 3.63) is 59.7 Å². The Morgan fingerprint density at radius 3 is 2.17 bits per heavy atom. The summed E-state index contributed by atoms with van der Waals surface area (Å²) in [6.45, 7) is -0.224. The number of fused-ring (bicyclic) bond motifs is 1. The van der Waals surface area contributed by atoms with Crippen LogP contribution in [0, 0.1) is 0 Å². The number of aliphatic hydroxyl groups is 2. The van der Waals surface area contributed by atoms with E-state index in [-0.39, 0.29) is 6.61 Å². The maximum absolute atomic E-state index is 10.4. The zero-order chi connectivity index (χ0) is 21.1. The van der Waals surface area contributed by atoms with Gasteiger partial charge in [-0.1, -0.05) is 24.3 Å². The Kier molecular flexibility index (Phi) is 6.52. The molecule has 6 atom stereocenters. The Bertz CT molecular complexity index is 841. The molecule has 0 saturated carbocycles. The van der Waals surface area contributed by atoms with Crippen molar-refractivity contribution < 1.29 is 38.6 Å². The summed E-state index contributed by atoms with van der Waals surface area (Å²) in [4.78, 5) is 0. The van der Waals surface area contributed by atoms with Crippen molar-refractivity contribution in [3.63, 3.8) is 0 Å². The lowest BCUT2D eigenvalue weighted by molar-refractivity contribution is -0.373. The minimum Gasteiger partial charge on any atom is -0.497 e. The van der Waals surface area contributed by atoms with Crippen LogP contribution in [0.4, 0.5) is 0 Å². The molecule has 2 heterocycles. The third-order valence-corrected chi connectivity index (χ3v) is 5.26. The lowest BCUT2D eigenvalue weighted by atomic mass is 9.99. The van der Waals surface area contributed by atoms with Crippen molar-refractivity contribution in [3.8, 4) is 11.5 Å². The largest absolute Gasteiger partial charge is 0.497 e. The van der Waals surface area contributed by atoms with Gasteiger partial charge < -0.3 is 38.6 Å². The molecular weight excluding hydrogens is 392 g/mol. The lowest BCUT2D eigenvalue weighted by Gasteiger charge is -2.47. The first-order valence-corrected chi connectivity index (χ1v) is 9.77. The van der Waals surface area contributed by atoms with Gasteiger partial charge in [0.25, 0.3) is 0 Å². The monoisotopic (exact) mass is 418 g/mol. The minimum absolute atomic E-state index is 0.241. The Labute approximate surface area is 174 Å². The van der Waals surface area contributed by atoms with Gasteiger partial charge in [0.15, 0.2) is 12.6 Å². The zero-order valence-electron chi connectivity index (χ0n) is 16.8. The third kappa shape index (κ3) is 4.29. The van der Waals surface area contributed by atoms with E-state index < -0.39 is 43.6 Å². The number of ether oxygens (including phenoxy) is 6. The van der Waals surface area contributed by atoms with Crippen molar-refractivity contribution >= 4 is 0 Å². The van der Waals surface area contributed by atoms with Crippen LogP contribution in [0.1, 0.15) is 23.7 Å². The number of methoxy groups -OCH3 is 2. The summed E-state index contributed by atoms with van der Waals surface area (Å²) in [6, 6.07) is 14.7. The molecule has 0 spiro atoms. The molecule has 8 nitrogen and oxygen atoms in total. The molecule has 2 unspecified atom stereocenters.